The first-order valence-electron chi connectivity index (χ1n) is 8.69. The first-order valence-corrected chi connectivity index (χ1v) is 9.50. The van der Waals surface area contributed by atoms with Crippen molar-refractivity contribution < 1.29 is 0 Å². The highest BCUT2D eigenvalue weighted by molar-refractivity contribution is 7.18. The normalized spacial score (nSPS) is 15.2. The Morgan fingerprint density at radius 3 is 2.92 bits per heavy atom. The fraction of sp³-hybridized carbons (Fsp3) is 0.200. The molecule has 0 aliphatic carbocycles. The molecule has 1 aromatic carbocycles. The minimum atomic E-state index is 0.0638. The van der Waals surface area contributed by atoms with Crippen LogP contribution >= 0.6 is 11.3 Å². The molecule has 0 unspecified atom stereocenters. The summed E-state index contributed by atoms with van der Waals surface area (Å²) in [6, 6.07) is 9.80. The van der Waals surface area contributed by atoms with E-state index in [1.54, 1.807) is 22.1 Å². The molecule has 0 N–H and O–H groups in total. The number of hydrogen-bond acceptors (Lipinski definition) is 5. The van der Waals surface area contributed by atoms with E-state index in [2.05, 4.69) is 16.9 Å². The van der Waals surface area contributed by atoms with Crippen molar-refractivity contribution in [1.29, 1.82) is 0 Å². The lowest BCUT2D eigenvalue weighted by Gasteiger charge is -2.03. The molecule has 0 spiro atoms. The topological polar surface area (TPSA) is 60.7 Å². The highest BCUT2D eigenvalue weighted by atomic mass is 32.1. The summed E-state index contributed by atoms with van der Waals surface area (Å²) in [5.41, 5.74) is 3.64. The van der Waals surface area contributed by atoms with Crippen LogP contribution in [0.2, 0.25) is 0 Å². The number of aryl methyl sites for hydroxylation is 1. The Hall–Kier alpha value is -2.86. The third kappa shape index (κ3) is 2.37. The van der Waals surface area contributed by atoms with E-state index in [1.807, 2.05) is 36.4 Å². The third-order valence-electron chi connectivity index (χ3n) is 4.73. The lowest BCUT2D eigenvalue weighted by molar-refractivity contribution is 0.726. The molecule has 0 radical (unpaired) electrons. The summed E-state index contributed by atoms with van der Waals surface area (Å²) < 4.78 is 1.79. The monoisotopic (exact) mass is 360 g/mol. The molecule has 0 fully saturated rings. The first-order chi connectivity index (χ1) is 12.7. The fourth-order valence-electron chi connectivity index (χ4n) is 3.39. The zero-order valence-corrected chi connectivity index (χ0v) is 15.1. The predicted octanol–water partition coefficient (Wildman–Crippen LogP) is 3.91. The van der Waals surface area contributed by atoms with Gasteiger partial charge in [-0.25, -0.2) is 9.97 Å². The highest BCUT2D eigenvalue weighted by Crippen LogP contribution is 2.30. The van der Waals surface area contributed by atoms with Crippen molar-refractivity contribution in [1.82, 2.24) is 19.5 Å². The van der Waals surface area contributed by atoms with Crippen LogP contribution in [-0.2, 0) is 13.0 Å². The smallest absolute Gasteiger partial charge is 0.262 e. The minimum Gasteiger partial charge on any atom is -0.292 e. The molecule has 0 saturated carbocycles. The number of para-hydroxylation sites is 2. The maximum Gasteiger partial charge on any atom is 0.262 e. The standard InChI is InChI=1S/C20H16N4OS/c1-2-14-10-15-19(26-14)23-18-12(7-8-24(18)20(15)25)9-13-11-21-16-5-3-4-6-17(16)22-13/h3-6,9-11H,2,7-8H2,1H3/b12-9+. The molecule has 26 heavy (non-hydrogen) atoms. The van der Waals surface area contributed by atoms with E-state index in [0.29, 0.717) is 6.54 Å². The molecule has 0 bridgehead atoms. The van der Waals surface area contributed by atoms with Crippen LogP contribution in [0, 0.1) is 0 Å². The Morgan fingerprint density at radius 2 is 2.08 bits per heavy atom. The van der Waals surface area contributed by atoms with Crippen molar-refractivity contribution in [3.8, 4) is 0 Å². The molecular formula is C20H16N4OS. The first kappa shape index (κ1) is 15.4. The highest BCUT2D eigenvalue weighted by Gasteiger charge is 2.22. The second-order valence-corrected chi connectivity index (χ2v) is 7.50. The maximum absolute atomic E-state index is 12.8. The number of thiophene rings is 1. The minimum absolute atomic E-state index is 0.0638. The lowest BCUT2D eigenvalue weighted by Crippen LogP contribution is -2.19. The molecule has 3 aromatic heterocycles. The summed E-state index contributed by atoms with van der Waals surface area (Å²) in [4.78, 5) is 28.7. The number of hydrogen-bond donors (Lipinski definition) is 0. The van der Waals surface area contributed by atoms with Crippen molar-refractivity contribution in [3.63, 3.8) is 0 Å². The number of benzene rings is 1. The molecule has 0 saturated heterocycles. The van der Waals surface area contributed by atoms with Gasteiger partial charge in [-0.1, -0.05) is 19.1 Å². The van der Waals surface area contributed by atoms with Gasteiger partial charge in [0.05, 0.1) is 28.3 Å². The van der Waals surface area contributed by atoms with E-state index in [9.17, 15) is 4.79 Å². The van der Waals surface area contributed by atoms with E-state index >= 15 is 0 Å². The molecule has 1 aliphatic rings. The van der Waals surface area contributed by atoms with Gasteiger partial charge >= 0.3 is 0 Å². The second-order valence-electron chi connectivity index (χ2n) is 6.38. The van der Waals surface area contributed by atoms with Crippen molar-refractivity contribution in [3.05, 3.63) is 63.3 Å². The van der Waals surface area contributed by atoms with Crippen molar-refractivity contribution >= 4 is 44.2 Å². The summed E-state index contributed by atoms with van der Waals surface area (Å²) in [5.74, 6) is 0.766. The Labute approximate surface area is 153 Å². The van der Waals surface area contributed by atoms with Crippen molar-refractivity contribution in [2.24, 2.45) is 0 Å². The third-order valence-corrected chi connectivity index (χ3v) is 5.91. The number of fused-ring (bicyclic) bond motifs is 3. The van der Waals surface area contributed by atoms with Gasteiger partial charge in [0.25, 0.3) is 5.56 Å². The van der Waals surface area contributed by atoms with Gasteiger partial charge < -0.3 is 0 Å². The van der Waals surface area contributed by atoms with Crippen LogP contribution in [-0.4, -0.2) is 19.5 Å². The van der Waals surface area contributed by atoms with Gasteiger partial charge in [-0.2, -0.15) is 0 Å². The molecule has 0 amide bonds. The van der Waals surface area contributed by atoms with Crippen LogP contribution in [0.3, 0.4) is 0 Å². The number of nitrogens with zero attached hydrogens (tertiary/aromatic N) is 4. The molecule has 0 atom stereocenters. The maximum atomic E-state index is 12.8. The van der Waals surface area contributed by atoms with Gasteiger partial charge in [-0.15, -0.1) is 11.3 Å². The van der Waals surface area contributed by atoms with Gasteiger partial charge in [0.1, 0.15) is 10.7 Å². The summed E-state index contributed by atoms with van der Waals surface area (Å²) in [6.45, 7) is 2.76. The van der Waals surface area contributed by atoms with E-state index in [-0.39, 0.29) is 5.56 Å². The molecular weight excluding hydrogens is 344 g/mol. The molecule has 1 aliphatic heterocycles. The molecule has 5 nitrogen and oxygen atoms in total. The fourth-order valence-corrected chi connectivity index (χ4v) is 4.35. The van der Waals surface area contributed by atoms with Crippen LogP contribution < -0.4 is 5.56 Å². The van der Waals surface area contributed by atoms with Crippen LogP contribution in [0.25, 0.3) is 32.9 Å². The molecule has 4 aromatic rings. The lowest BCUT2D eigenvalue weighted by atomic mass is 10.2. The molecule has 128 valence electrons. The van der Waals surface area contributed by atoms with E-state index in [4.69, 9.17) is 4.98 Å². The zero-order valence-electron chi connectivity index (χ0n) is 14.3. The van der Waals surface area contributed by atoms with Crippen LogP contribution in [0.4, 0.5) is 0 Å². The zero-order chi connectivity index (χ0) is 17.7. The SMILES string of the molecule is CCc1cc2c(=O)n3c(nc2s1)/C(=C/c1cnc2ccccc2n1)CC3. The largest absolute Gasteiger partial charge is 0.292 e. The Morgan fingerprint density at radius 1 is 1.23 bits per heavy atom. The van der Waals surface area contributed by atoms with Gasteiger partial charge in [0, 0.05) is 11.4 Å². The van der Waals surface area contributed by atoms with Crippen LogP contribution in [0.1, 0.15) is 29.7 Å². The van der Waals surface area contributed by atoms with Crippen LogP contribution in [0.15, 0.2) is 41.3 Å². The summed E-state index contributed by atoms with van der Waals surface area (Å²) in [6.07, 6.45) is 5.49. The summed E-state index contributed by atoms with van der Waals surface area (Å²) in [7, 11) is 0. The van der Waals surface area contributed by atoms with Gasteiger partial charge in [-0.05, 0) is 42.7 Å². The van der Waals surface area contributed by atoms with Gasteiger partial charge in [0.2, 0.25) is 0 Å². The molecule has 6 heteroatoms. The van der Waals surface area contributed by atoms with E-state index in [1.165, 1.54) is 4.88 Å². The van der Waals surface area contributed by atoms with Crippen LogP contribution in [0.5, 0.6) is 0 Å². The van der Waals surface area contributed by atoms with E-state index in [0.717, 1.165) is 51.2 Å². The molecule has 5 rings (SSSR count). The Balaban J connectivity index is 1.65. The van der Waals surface area contributed by atoms with Crippen molar-refractivity contribution in [2.45, 2.75) is 26.3 Å². The quantitative estimate of drug-likeness (QED) is 0.544. The van der Waals surface area contributed by atoms with Crippen molar-refractivity contribution in [2.75, 3.05) is 0 Å². The summed E-state index contributed by atoms with van der Waals surface area (Å²) in [5, 5.41) is 0.738. The summed E-state index contributed by atoms with van der Waals surface area (Å²) >= 11 is 1.61. The van der Waals surface area contributed by atoms with Gasteiger partial charge in [-0.3, -0.25) is 14.3 Å². The second kappa shape index (κ2) is 5.85. The van der Waals surface area contributed by atoms with E-state index < -0.39 is 0 Å². The number of allylic oxidation sites excluding steroid dienone is 1. The predicted molar refractivity (Wildman–Crippen MR) is 105 cm³/mol. The average molecular weight is 360 g/mol. The number of aromatic nitrogens is 4. The Bertz CT molecular complexity index is 1250. The molecule has 4 heterocycles. The average Bonchev–Trinajstić information content (AvgIpc) is 3.27. The Kier molecular flexibility index (Phi) is 3.46. The van der Waals surface area contributed by atoms with Gasteiger partial charge in [0.15, 0.2) is 0 Å². The number of rotatable bonds is 2.